The zero-order chi connectivity index (χ0) is 11.4. The molecular weight excluding hydrogens is 224 g/mol. The molecule has 1 saturated carbocycles. The molecule has 1 amide bonds. The average molecular weight is 244 g/mol. The molecule has 2 fully saturated rings. The third kappa shape index (κ3) is 3.37. The summed E-state index contributed by atoms with van der Waals surface area (Å²) in [6.45, 7) is 1.03. The third-order valence-corrected chi connectivity index (χ3v) is 4.35. The number of rotatable bonds is 4. The average Bonchev–Trinajstić information content (AvgIpc) is 2.24. The fraction of sp³-hybridized carbons (Fsp3) is 0.909. The van der Waals surface area contributed by atoms with E-state index in [1.165, 1.54) is 0 Å². The summed E-state index contributed by atoms with van der Waals surface area (Å²) in [5.41, 5.74) is 0. The number of carbonyl (C=O) groups is 1. The quantitative estimate of drug-likeness (QED) is 0.750. The lowest BCUT2D eigenvalue weighted by atomic mass is 9.89. The van der Waals surface area contributed by atoms with Crippen molar-refractivity contribution < 1.29 is 9.53 Å². The van der Waals surface area contributed by atoms with E-state index in [1.807, 2.05) is 11.8 Å². The first-order valence-electron chi connectivity index (χ1n) is 5.91. The molecule has 2 N–H and O–H groups in total. The van der Waals surface area contributed by atoms with Gasteiger partial charge in [0.15, 0.2) is 0 Å². The Labute approximate surface area is 101 Å². The van der Waals surface area contributed by atoms with Gasteiger partial charge in [-0.15, -0.1) is 0 Å². The second-order valence-electron chi connectivity index (χ2n) is 4.52. The summed E-state index contributed by atoms with van der Waals surface area (Å²) >= 11 is 1.93. The zero-order valence-corrected chi connectivity index (χ0v) is 10.5. The molecule has 0 aromatic heterocycles. The lowest BCUT2D eigenvalue weighted by Crippen LogP contribution is -2.49. The molecule has 0 aromatic rings. The van der Waals surface area contributed by atoms with Crippen molar-refractivity contribution in [3.8, 4) is 0 Å². The topological polar surface area (TPSA) is 50.4 Å². The smallest absolute Gasteiger partial charge is 0.221 e. The van der Waals surface area contributed by atoms with Crippen LogP contribution in [0.3, 0.4) is 0 Å². The number of methoxy groups -OCH3 is 1. The Bertz CT molecular complexity index is 238. The number of ether oxygens (including phenoxy) is 1. The minimum Gasteiger partial charge on any atom is -0.381 e. The molecule has 2 rings (SSSR count). The van der Waals surface area contributed by atoms with Crippen molar-refractivity contribution in [3.05, 3.63) is 0 Å². The maximum Gasteiger partial charge on any atom is 0.221 e. The molecule has 2 aliphatic rings. The van der Waals surface area contributed by atoms with Gasteiger partial charge in [-0.1, -0.05) is 0 Å². The van der Waals surface area contributed by atoms with Crippen LogP contribution in [-0.4, -0.2) is 49.3 Å². The molecule has 0 bridgehead atoms. The van der Waals surface area contributed by atoms with Crippen molar-refractivity contribution in [2.45, 2.75) is 37.5 Å². The van der Waals surface area contributed by atoms with Crippen LogP contribution in [0.1, 0.15) is 19.3 Å². The Morgan fingerprint density at radius 2 is 2.38 bits per heavy atom. The molecule has 5 heteroatoms. The third-order valence-electron chi connectivity index (χ3n) is 3.22. The van der Waals surface area contributed by atoms with Gasteiger partial charge in [-0.2, -0.15) is 11.8 Å². The Balaban J connectivity index is 1.61. The zero-order valence-electron chi connectivity index (χ0n) is 9.70. The Morgan fingerprint density at radius 3 is 3.00 bits per heavy atom. The van der Waals surface area contributed by atoms with Crippen molar-refractivity contribution in [2.24, 2.45) is 0 Å². The number of nitrogens with one attached hydrogen (secondary N) is 2. The van der Waals surface area contributed by atoms with E-state index in [0.717, 1.165) is 30.9 Å². The van der Waals surface area contributed by atoms with E-state index in [9.17, 15) is 4.79 Å². The summed E-state index contributed by atoms with van der Waals surface area (Å²) in [6, 6.07) is 0.700. The monoisotopic (exact) mass is 244 g/mol. The van der Waals surface area contributed by atoms with E-state index < -0.39 is 0 Å². The van der Waals surface area contributed by atoms with Gasteiger partial charge < -0.3 is 15.4 Å². The highest BCUT2D eigenvalue weighted by atomic mass is 32.2. The van der Waals surface area contributed by atoms with Crippen molar-refractivity contribution >= 4 is 17.7 Å². The van der Waals surface area contributed by atoms with Crippen molar-refractivity contribution in [1.82, 2.24) is 10.6 Å². The van der Waals surface area contributed by atoms with Crippen LogP contribution >= 0.6 is 11.8 Å². The molecule has 16 heavy (non-hydrogen) atoms. The van der Waals surface area contributed by atoms with Gasteiger partial charge in [0, 0.05) is 43.7 Å². The molecule has 4 nitrogen and oxygen atoms in total. The van der Waals surface area contributed by atoms with E-state index in [-0.39, 0.29) is 5.91 Å². The Morgan fingerprint density at radius 1 is 1.56 bits per heavy atom. The van der Waals surface area contributed by atoms with E-state index in [1.54, 1.807) is 7.11 Å². The molecule has 0 aromatic carbocycles. The van der Waals surface area contributed by atoms with Crippen LogP contribution in [0.4, 0.5) is 0 Å². The summed E-state index contributed by atoms with van der Waals surface area (Å²) in [4.78, 5) is 11.7. The van der Waals surface area contributed by atoms with Crippen LogP contribution in [0.25, 0.3) is 0 Å². The first-order valence-corrected chi connectivity index (χ1v) is 7.06. The SMILES string of the molecule is COC1CC(NC(=O)CC2CSCCN2)C1. The van der Waals surface area contributed by atoms with Gasteiger partial charge >= 0.3 is 0 Å². The summed E-state index contributed by atoms with van der Waals surface area (Å²) in [5.74, 6) is 2.40. The maximum atomic E-state index is 11.7. The highest BCUT2D eigenvalue weighted by Crippen LogP contribution is 2.22. The van der Waals surface area contributed by atoms with Gasteiger partial charge in [-0.05, 0) is 12.8 Å². The first kappa shape index (κ1) is 12.2. The van der Waals surface area contributed by atoms with E-state index in [4.69, 9.17) is 4.74 Å². The number of thioether (sulfide) groups is 1. The maximum absolute atomic E-state index is 11.7. The molecule has 1 saturated heterocycles. The van der Waals surface area contributed by atoms with Crippen LogP contribution in [0.2, 0.25) is 0 Å². The predicted octanol–water partition coefficient (Wildman–Crippen LogP) is 0.375. The minimum atomic E-state index is 0.180. The van der Waals surface area contributed by atoms with Gasteiger partial charge in [-0.3, -0.25) is 4.79 Å². The second-order valence-corrected chi connectivity index (χ2v) is 5.67. The standard InChI is InChI=1S/C11H20N2O2S/c1-15-10-4-8(5-10)13-11(14)6-9-7-16-3-2-12-9/h8-10,12H,2-7H2,1H3,(H,13,14). The number of amides is 1. The Kier molecular flexibility index (Phi) is 4.49. The lowest BCUT2D eigenvalue weighted by molar-refractivity contribution is -0.123. The van der Waals surface area contributed by atoms with Crippen LogP contribution in [-0.2, 0) is 9.53 Å². The molecule has 0 radical (unpaired) electrons. The molecule has 1 atom stereocenters. The normalized spacial score (nSPS) is 34.2. The van der Waals surface area contributed by atoms with Crippen LogP contribution in [0.15, 0.2) is 0 Å². The molecule has 1 aliphatic heterocycles. The highest BCUT2D eigenvalue weighted by Gasteiger charge is 2.30. The predicted molar refractivity (Wildman–Crippen MR) is 65.7 cm³/mol. The molecule has 0 spiro atoms. The summed E-state index contributed by atoms with van der Waals surface area (Å²) in [7, 11) is 1.73. The summed E-state index contributed by atoms with van der Waals surface area (Å²) in [6.07, 6.45) is 2.90. The molecular formula is C11H20N2O2S. The summed E-state index contributed by atoms with van der Waals surface area (Å²) < 4.78 is 5.18. The van der Waals surface area contributed by atoms with Crippen molar-refractivity contribution in [2.75, 3.05) is 25.2 Å². The van der Waals surface area contributed by atoms with Crippen molar-refractivity contribution in [3.63, 3.8) is 0 Å². The van der Waals surface area contributed by atoms with Gasteiger partial charge in [0.2, 0.25) is 5.91 Å². The lowest BCUT2D eigenvalue weighted by Gasteiger charge is -2.35. The number of hydrogen-bond donors (Lipinski definition) is 2. The fourth-order valence-corrected chi connectivity index (χ4v) is 3.09. The van der Waals surface area contributed by atoms with Crippen LogP contribution < -0.4 is 10.6 Å². The van der Waals surface area contributed by atoms with Gasteiger partial charge in [0.25, 0.3) is 0 Å². The van der Waals surface area contributed by atoms with Gasteiger partial charge in [-0.25, -0.2) is 0 Å². The number of hydrogen-bond acceptors (Lipinski definition) is 4. The molecule has 1 heterocycles. The minimum absolute atomic E-state index is 0.180. The van der Waals surface area contributed by atoms with Gasteiger partial charge in [0.05, 0.1) is 6.10 Å². The van der Waals surface area contributed by atoms with E-state index in [2.05, 4.69) is 10.6 Å². The van der Waals surface area contributed by atoms with E-state index >= 15 is 0 Å². The fourth-order valence-electron chi connectivity index (χ4n) is 2.14. The number of carbonyl (C=O) groups excluding carboxylic acids is 1. The van der Waals surface area contributed by atoms with Crippen LogP contribution in [0.5, 0.6) is 0 Å². The van der Waals surface area contributed by atoms with Crippen molar-refractivity contribution in [1.29, 1.82) is 0 Å². The van der Waals surface area contributed by atoms with E-state index in [0.29, 0.717) is 24.6 Å². The molecule has 1 unspecified atom stereocenters. The molecule has 1 aliphatic carbocycles. The first-order chi connectivity index (χ1) is 7.78. The summed E-state index contributed by atoms with van der Waals surface area (Å²) in [5, 5.41) is 6.43. The largest absolute Gasteiger partial charge is 0.381 e. The molecule has 92 valence electrons. The second kappa shape index (κ2) is 5.89. The van der Waals surface area contributed by atoms with Gasteiger partial charge in [0.1, 0.15) is 0 Å². The Hall–Kier alpha value is -0.260. The van der Waals surface area contributed by atoms with Crippen LogP contribution in [0, 0.1) is 0 Å². The highest BCUT2D eigenvalue weighted by molar-refractivity contribution is 7.99.